The van der Waals surface area contributed by atoms with Gasteiger partial charge in [-0.3, -0.25) is 4.79 Å². The molecule has 0 saturated heterocycles. The largest absolute Gasteiger partial charge is 0.481 e. The van der Waals surface area contributed by atoms with Gasteiger partial charge in [-0.05, 0) is 12.1 Å². The van der Waals surface area contributed by atoms with E-state index in [0.717, 1.165) is 4.90 Å². The molecule has 5 nitrogen and oxygen atoms in total. The lowest BCUT2D eigenvalue weighted by Gasteiger charge is -2.08. The Morgan fingerprint density at radius 1 is 1.59 bits per heavy atom. The number of rotatable bonds is 5. The van der Waals surface area contributed by atoms with Crippen molar-refractivity contribution in [2.45, 2.75) is 23.5 Å². The molecule has 1 unspecified atom stereocenters. The van der Waals surface area contributed by atoms with Crippen LogP contribution in [0.25, 0.3) is 0 Å². The van der Waals surface area contributed by atoms with E-state index >= 15 is 0 Å². The second kappa shape index (κ2) is 6.24. The van der Waals surface area contributed by atoms with Gasteiger partial charge in [-0.15, -0.1) is 11.8 Å². The Labute approximate surface area is 103 Å². The fourth-order valence-electron chi connectivity index (χ4n) is 1.22. The molecular formula is C11H13NO4S. The monoisotopic (exact) mass is 255 g/mol. The molecular weight excluding hydrogens is 242 g/mol. The fourth-order valence-corrected chi connectivity index (χ4v) is 2.23. The van der Waals surface area contributed by atoms with Crippen LogP contribution >= 0.6 is 11.8 Å². The maximum atomic E-state index is 11.2. The van der Waals surface area contributed by atoms with Gasteiger partial charge in [0.2, 0.25) is 0 Å². The van der Waals surface area contributed by atoms with Crippen molar-refractivity contribution < 1.29 is 19.4 Å². The zero-order chi connectivity index (χ0) is 12.8. The summed E-state index contributed by atoms with van der Waals surface area (Å²) < 4.78 is 4.56. The normalized spacial score (nSPS) is 11.9. The van der Waals surface area contributed by atoms with E-state index in [0.29, 0.717) is 0 Å². The van der Waals surface area contributed by atoms with Crippen molar-refractivity contribution in [2.75, 3.05) is 7.11 Å². The molecule has 1 N–H and O–H groups in total. The summed E-state index contributed by atoms with van der Waals surface area (Å²) in [6, 6.07) is 3.32. The van der Waals surface area contributed by atoms with Crippen LogP contribution in [0, 0.1) is 0 Å². The van der Waals surface area contributed by atoms with Gasteiger partial charge >= 0.3 is 11.9 Å². The summed E-state index contributed by atoms with van der Waals surface area (Å²) in [4.78, 5) is 26.4. The highest BCUT2D eigenvalue weighted by molar-refractivity contribution is 8.00. The lowest BCUT2D eigenvalue weighted by molar-refractivity contribution is -0.136. The maximum absolute atomic E-state index is 11.2. The van der Waals surface area contributed by atoms with Crippen molar-refractivity contribution in [3.63, 3.8) is 0 Å². The number of esters is 1. The summed E-state index contributed by atoms with van der Waals surface area (Å²) in [5, 5.41) is 8.57. The quantitative estimate of drug-likeness (QED) is 0.639. The smallest absolute Gasteiger partial charge is 0.356 e. The number of ether oxygens (including phenoxy) is 1. The van der Waals surface area contributed by atoms with Crippen LogP contribution in [0.15, 0.2) is 23.2 Å². The molecule has 6 heteroatoms. The van der Waals surface area contributed by atoms with Crippen LogP contribution in [-0.2, 0) is 9.53 Å². The fraction of sp³-hybridized carbons (Fsp3) is 0.364. The van der Waals surface area contributed by atoms with E-state index in [9.17, 15) is 9.59 Å². The van der Waals surface area contributed by atoms with Crippen LogP contribution in [-0.4, -0.2) is 34.4 Å². The predicted molar refractivity (Wildman–Crippen MR) is 63.1 cm³/mol. The first-order chi connectivity index (χ1) is 8.02. The SMILES string of the molecule is COC(=O)c1cc(SC(C)CC(=O)O)ccn1. The lowest BCUT2D eigenvalue weighted by Crippen LogP contribution is -2.06. The molecule has 1 rings (SSSR count). The van der Waals surface area contributed by atoms with E-state index in [2.05, 4.69) is 9.72 Å². The van der Waals surface area contributed by atoms with E-state index in [1.165, 1.54) is 25.1 Å². The highest BCUT2D eigenvalue weighted by Crippen LogP contribution is 2.25. The first kappa shape index (κ1) is 13.5. The standard InChI is InChI=1S/C11H13NO4S/c1-7(5-10(13)14)17-8-3-4-12-9(6-8)11(15)16-2/h3-4,6-7H,5H2,1-2H3,(H,13,14). The lowest BCUT2D eigenvalue weighted by atomic mass is 10.3. The Hall–Kier alpha value is -1.56. The summed E-state index contributed by atoms with van der Waals surface area (Å²) >= 11 is 1.39. The number of carboxylic acids is 1. The van der Waals surface area contributed by atoms with Crippen molar-refractivity contribution in [1.82, 2.24) is 4.98 Å². The van der Waals surface area contributed by atoms with E-state index in [1.54, 1.807) is 12.1 Å². The number of pyridine rings is 1. The zero-order valence-corrected chi connectivity index (χ0v) is 10.4. The average molecular weight is 255 g/mol. The Bertz CT molecular complexity index is 422. The van der Waals surface area contributed by atoms with Crippen molar-refractivity contribution in [3.8, 4) is 0 Å². The van der Waals surface area contributed by atoms with Crippen molar-refractivity contribution in [1.29, 1.82) is 0 Å². The minimum atomic E-state index is -0.841. The number of aliphatic carboxylic acids is 1. The molecule has 0 aliphatic heterocycles. The molecule has 0 saturated carbocycles. The minimum Gasteiger partial charge on any atom is -0.481 e. The van der Waals surface area contributed by atoms with Crippen LogP contribution in [0.2, 0.25) is 0 Å². The summed E-state index contributed by atoms with van der Waals surface area (Å²) in [6.07, 6.45) is 1.57. The Morgan fingerprint density at radius 2 is 2.29 bits per heavy atom. The molecule has 0 bridgehead atoms. The van der Waals surface area contributed by atoms with Crippen LogP contribution in [0.4, 0.5) is 0 Å². The van der Waals surface area contributed by atoms with E-state index in [1.807, 2.05) is 6.92 Å². The number of carboxylic acid groups (broad SMARTS) is 1. The number of hydrogen-bond acceptors (Lipinski definition) is 5. The maximum Gasteiger partial charge on any atom is 0.356 e. The van der Waals surface area contributed by atoms with Gasteiger partial charge < -0.3 is 9.84 Å². The molecule has 0 aromatic carbocycles. The summed E-state index contributed by atoms with van der Waals surface area (Å²) in [7, 11) is 1.29. The van der Waals surface area contributed by atoms with Gasteiger partial charge in [-0.25, -0.2) is 9.78 Å². The third kappa shape index (κ3) is 4.44. The molecule has 0 fully saturated rings. The van der Waals surface area contributed by atoms with Crippen LogP contribution < -0.4 is 0 Å². The summed E-state index contributed by atoms with van der Waals surface area (Å²) in [6.45, 7) is 1.82. The number of methoxy groups -OCH3 is 1. The molecule has 1 heterocycles. The topological polar surface area (TPSA) is 76.5 Å². The van der Waals surface area contributed by atoms with Crippen LogP contribution in [0.1, 0.15) is 23.8 Å². The Kier molecular flexibility index (Phi) is 4.96. The minimum absolute atomic E-state index is 0.0691. The highest BCUT2D eigenvalue weighted by atomic mass is 32.2. The van der Waals surface area contributed by atoms with Gasteiger partial charge in [0.05, 0.1) is 13.5 Å². The zero-order valence-electron chi connectivity index (χ0n) is 9.54. The van der Waals surface area contributed by atoms with Gasteiger partial charge in [0.15, 0.2) is 0 Å². The number of thioether (sulfide) groups is 1. The third-order valence-corrected chi connectivity index (χ3v) is 3.02. The van der Waals surface area contributed by atoms with E-state index in [4.69, 9.17) is 5.11 Å². The van der Waals surface area contributed by atoms with Gasteiger partial charge in [-0.2, -0.15) is 0 Å². The number of carbonyl (C=O) groups excluding carboxylic acids is 1. The van der Waals surface area contributed by atoms with Crippen LogP contribution in [0.3, 0.4) is 0 Å². The highest BCUT2D eigenvalue weighted by Gasteiger charge is 2.12. The summed E-state index contributed by atoms with van der Waals surface area (Å²) in [5.74, 6) is -1.34. The first-order valence-corrected chi connectivity index (χ1v) is 5.83. The van der Waals surface area contributed by atoms with Crippen LogP contribution in [0.5, 0.6) is 0 Å². The molecule has 1 atom stereocenters. The number of nitrogens with zero attached hydrogens (tertiary/aromatic N) is 1. The second-order valence-corrected chi connectivity index (χ2v) is 4.91. The molecule has 0 radical (unpaired) electrons. The number of aromatic nitrogens is 1. The van der Waals surface area contributed by atoms with E-state index in [-0.39, 0.29) is 17.4 Å². The van der Waals surface area contributed by atoms with Crippen molar-refractivity contribution >= 4 is 23.7 Å². The molecule has 0 spiro atoms. The van der Waals surface area contributed by atoms with E-state index < -0.39 is 11.9 Å². The predicted octanol–water partition coefficient (Wildman–Crippen LogP) is 1.82. The second-order valence-electron chi connectivity index (χ2n) is 3.39. The number of carbonyl (C=O) groups is 2. The Morgan fingerprint density at radius 3 is 2.88 bits per heavy atom. The molecule has 0 amide bonds. The average Bonchev–Trinajstić information content (AvgIpc) is 2.27. The first-order valence-electron chi connectivity index (χ1n) is 4.95. The Balaban J connectivity index is 2.72. The van der Waals surface area contributed by atoms with Crippen molar-refractivity contribution in [2.24, 2.45) is 0 Å². The molecule has 1 aromatic heterocycles. The van der Waals surface area contributed by atoms with Crippen molar-refractivity contribution in [3.05, 3.63) is 24.0 Å². The molecule has 92 valence electrons. The van der Waals surface area contributed by atoms with Gasteiger partial charge in [0.25, 0.3) is 0 Å². The van der Waals surface area contributed by atoms with Gasteiger partial charge in [-0.1, -0.05) is 6.92 Å². The third-order valence-electron chi connectivity index (χ3n) is 1.93. The van der Waals surface area contributed by atoms with Gasteiger partial charge in [0.1, 0.15) is 5.69 Å². The number of hydrogen-bond donors (Lipinski definition) is 1. The van der Waals surface area contributed by atoms with Gasteiger partial charge in [0, 0.05) is 16.3 Å². The molecule has 0 aliphatic rings. The molecule has 0 aliphatic carbocycles. The molecule has 1 aromatic rings. The summed E-state index contributed by atoms with van der Waals surface area (Å²) in [5.41, 5.74) is 0.222. The molecule has 17 heavy (non-hydrogen) atoms.